The van der Waals surface area contributed by atoms with Gasteiger partial charge in [0, 0.05) is 25.8 Å². The second-order valence-electron chi connectivity index (χ2n) is 7.90. The Morgan fingerprint density at radius 3 is 2.23 bits per heavy atom. The standard InChI is InChI=1S/C26H27N2O2.ClHO4/c1-5-28-24-8-6-7-9-25(24)30-26(28)18-21-16-19(2)29-23(17-21)15-12-20-10-13-22(14-11-20)27(3)4;2-1(3,4)5/h6-18H,5H2,1-4H3;(H,2,3,4,5)/q+1;/p-1. The normalized spacial score (nSPS) is 14.9. The highest BCUT2D eigenvalue weighted by atomic mass is 35.7. The van der Waals surface area contributed by atoms with E-state index in [0.717, 1.165) is 46.2 Å². The minimum absolute atomic E-state index is 0.803. The Morgan fingerprint density at radius 1 is 0.943 bits per heavy atom. The Kier molecular flexibility index (Phi) is 8.50. The van der Waals surface area contributed by atoms with Crippen molar-refractivity contribution in [3.8, 4) is 0 Å². The number of allylic oxidation sites excluding steroid dienone is 5. The Labute approximate surface area is 206 Å². The van der Waals surface area contributed by atoms with Crippen molar-refractivity contribution in [2.45, 2.75) is 20.4 Å². The van der Waals surface area contributed by atoms with Gasteiger partial charge in [-0.15, -0.1) is 10.2 Å². The molecule has 0 fully saturated rings. The summed E-state index contributed by atoms with van der Waals surface area (Å²) in [6.07, 6.45) is 10.2. The summed E-state index contributed by atoms with van der Waals surface area (Å²) in [5.41, 5.74) is 5.35. The molecule has 35 heavy (non-hydrogen) atoms. The van der Waals surface area contributed by atoms with Crippen LogP contribution in [0, 0.1) is 10.2 Å². The van der Waals surface area contributed by atoms with Gasteiger partial charge in [0.1, 0.15) is 18.1 Å². The van der Waals surface area contributed by atoms with Gasteiger partial charge >= 0.3 is 5.89 Å². The zero-order valence-electron chi connectivity index (χ0n) is 19.9. The van der Waals surface area contributed by atoms with Crippen LogP contribution in [0.4, 0.5) is 5.69 Å². The van der Waals surface area contributed by atoms with E-state index in [1.165, 1.54) is 5.69 Å². The summed E-state index contributed by atoms with van der Waals surface area (Å²) in [6.45, 7) is 4.93. The number of nitrogens with zero attached hydrogens (tertiary/aromatic N) is 2. The van der Waals surface area contributed by atoms with Crippen molar-refractivity contribution in [3.05, 3.63) is 95.3 Å². The molecule has 1 aliphatic rings. The maximum Gasteiger partial charge on any atom is 0.374 e. The van der Waals surface area contributed by atoms with Crippen molar-refractivity contribution < 1.29 is 42.6 Å². The molecule has 1 aromatic heterocycles. The molecule has 4 rings (SSSR count). The van der Waals surface area contributed by atoms with Crippen LogP contribution in [0.1, 0.15) is 25.3 Å². The fraction of sp³-hybridized carbons (Fsp3) is 0.192. The van der Waals surface area contributed by atoms with Crippen LogP contribution >= 0.6 is 0 Å². The molecule has 184 valence electrons. The van der Waals surface area contributed by atoms with Crippen molar-refractivity contribution in [1.82, 2.24) is 0 Å². The van der Waals surface area contributed by atoms with Crippen molar-refractivity contribution in [2.24, 2.45) is 0 Å². The molecule has 9 heteroatoms. The summed E-state index contributed by atoms with van der Waals surface area (Å²) >= 11 is 0. The molecule has 3 aromatic rings. The van der Waals surface area contributed by atoms with Gasteiger partial charge in [-0.1, -0.05) is 30.3 Å². The number of halogens is 1. The van der Waals surface area contributed by atoms with E-state index in [9.17, 15) is 0 Å². The molecule has 0 radical (unpaired) electrons. The summed E-state index contributed by atoms with van der Waals surface area (Å²) in [4.78, 5) is 2.09. The lowest BCUT2D eigenvalue weighted by Crippen LogP contribution is -2.68. The summed E-state index contributed by atoms with van der Waals surface area (Å²) in [6, 6.07) is 16.5. The number of para-hydroxylation sites is 2. The fourth-order valence-corrected chi connectivity index (χ4v) is 3.54. The first-order chi connectivity index (χ1) is 16.5. The third-order valence-electron chi connectivity index (χ3n) is 5.05. The first kappa shape index (κ1) is 26.2. The van der Waals surface area contributed by atoms with E-state index >= 15 is 0 Å². The number of fused-ring (bicyclic) bond motifs is 1. The Balaban J connectivity index is 0.000000623. The SMILES string of the molecule is CC[n+]1c(/C=C2\C=C(C)OC(/C=C/c3ccc(N(C)C)cc3)=C2)oc2ccccc21.[O-][Cl+3]([O-])([O-])[O-]. The van der Waals surface area contributed by atoms with Crippen LogP contribution < -0.4 is 28.1 Å². The average molecular weight is 499 g/mol. The van der Waals surface area contributed by atoms with Gasteiger partial charge in [-0.05, 0) is 61.4 Å². The average Bonchev–Trinajstić information content (AvgIpc) is 3.13. The number of ether oxygens (including phenoxy) is 1. The molecule has 0 spiro atoms. The first-order valence-electron chi connectivity index (χ1n) is 10.8. The molecule has 0 amide bonds. The fourth-order valence-electron chi connectivity index (χ4n) is 3.54. The van der Waals surface area contributed by atoms with Crippen LogP contribution in [0.3, 0.4) is 0 Å². The third kappa shape index (κ3) is 7.81. The van der Waals surface area contributed by atoms with Crippen LogP contribution in [0.5, 0.6) is 0 Å². The molecule has 8 nitrogen and oxygen atoms in total. The van der Waals surface area contributed by atoms with Gasteiger partial charge in [0.25, 0.3) is 5.52 Å². The summed E-state index contributed by atoms with van der Waals surface area (Å²) < 4.78 is 48.1. The van der Waals surface area contributed by atoms with Gasteiger partial charge in [0.15, 0.2) is 0 Å². The van der Waals surface area contributed by atoms with Gasteiger partial charge < -0.3 is 14.1 Å². The van der Waals surface area contributed by atoms with Crippen molar-refractivity contribution in [3.63, 3.8) is 0 Å². The number of hydrogen-bond acceptors (Lipinski definition) is 7. The van der Waals surface area contributed by atoms with Gasteiger partial charge in [-0.25, -0.2) is 18.6 Å². The van der Waals surface area contributed by atoms with Crippen molar-refractivity contribution >= 4 is 28.9 Å². The summed E-state index contributed by atoms with van der Waals surface area (Å²) in [7, 11) is -0.864. The molecule has 2 aromatic carbocycles. The maximum absolute atomic E-state index is 8.49. The molecule has 0 aliphatic carbocycles. The number of benzene rings is 2. The lowest BCUT2D eigenvalue weighted by molar-refractivity contribution is -2.00. The van der Waals surface area contributed by atoms with Gasteiger partial charge in [0.05, 0.1) is 6.08 Å². The van der Waals surface area contributed by atoms with E-state index in [2.05, 4.69) is 58.9 Å². The van der Waals surface area contributed by atoms with Crippen LogP contribution in [0.25, 0.3) is 23.3 Å². The third-order valence-corrected chi connectivity index (χ3v) is 5.05. The lowest BCUT2D eigenvalue weighted by atomic mass is 10.1. The van der Waals surface area contributed by atoms with E-state index in [1.54, 1.807) is 0 Å². The Bertz CT molecular complexity index is 1280. The predicted octanol–water partition coefficient (Wildman–Crippen LogP) is 0.965. The molecular weight excluding hydrogens is 472 g/mol. The molecule has 0 N–H and O–H groups in total. The van der Waals surface area contributed by atoms with Crippen LogP contribution in [0.15, 0.2) is 88.3 Å². The largest absolute Gasteiger partial charge is 0.462 e. The molecule has 0 unspecified atom stereocenters. The van der Waals surface area contributed by atoms with Gasteiger partial charge in [-0.3, -0.25) is 0 Å². The number of hydrogen-bond donors (Lipinski definition) is 0. The zero-order valence-corrected chi connectivity index (χ0v) is 20.7. The van der Waals surface area contributed by atoms with Crippen LogP contribution in [0.2, 0.25) is 0 Å². The van der Waals surface area contributed by atoms with Crippen molar-refractivity contribution in [1.29, 1.82) is 0 Å². The van der Waals surface area contributed by atoms with Crippen molar-refractivity contribution in [2.75, 3.05) is 19.0 Å². The number of aromatic nitrogens is 1. The van der Waals surface area contributed by atoms with Crippen LogP contribution in [-0.2, 0) is 11.3 Å². The number of aryl methyl sites for hydroxylation is 1. The van der Waals surface area contributed by atoms with E-state index < -0.39 is 10.2 Å². The molecule has 0 saturated heterocycles. The number of oxazole rings is 1. The topological polar surface area (TPSA) is 122 Å². The Morgan fingerprint density at radius 2 is 1.60 bits per heavy atom. The first-order valence-corrected chi connectivity index (χ1v) is 12.0. The number of anilines is 1. The smallest absolute Gasteiger partial charge is 0.374 e. The quantitative estimate of drug-likeness (QED) is 0.480. The summed E-state index contributed by atoms with van der Waals surface area (Å²) in [5.74, 6) is 2.49. The second kappa shape index (κ2) is 11.4. The molecular formula is C26H27ClN2O6. The van der Waals surface area contributed by atoms with Crippen LogP contribution in [-0.4, -0.2) is 14.1 Å². The highest BCUT2D eigenvalue weighted by Gasteiger charge is 2.19. The lowest BCUT2D eigenvalue weighted by Gasteiger charge is -2.17. The predicted molar refractivity (Wildman–Crippen MR) is 123 cm³/mol. The number of rotatable bonds is 5. The van der Waals surface area contributed by atoms with E-state index in [4.69, 9.17) is 27.8 Å². The van der Waals surface area contributed by atoms with E-state index in [1.807, 2.05) is 57.4 Å². The zero-order chi connectivity index (χ0) is 25.6. The summed E-state index contributed by atoms with van der Waals surface area (Å²) in [5, 5.41) is 0. The van der Waals surface area contributed by atoms with E-state index in [0.29, 0.717) is 0 Å². The molecule has 0 atom stereocenters. The minimum atomic E-state index is -4.94. The Hall–Kier alpha value is -3.40. The monoisotopic (exact) mass is 498 g/mol. The molecule has 1 aliphatic heterocycles. The van der Waals surface area contributed by atoms with E-state index in [-0.39, 0.29) is 0 Å². The maximum atomic E-state index is 8.49. The highest BCUT2D eigenvalue weighted by molar-refractivity contribution is 5.70. The minimum Gasteiger partial charge on any atom is -0.462 e. The second-order valence-corrected chi connectivity index (χ2v) is 8.65. The molecule has 0 saturated carbocycles. The van der Waals surface area contributed by atoms with Gasteiger partial charge in [-0.2, -0.15) is 4.57 Å². The highest BCUT2D eigenvalue weighted by Crippen LogP contribution is 2.24. The molecule has 0 bridgehead atoms. The van der Waals surface area contributed by atoms with Gasteiger partial charge in [0.2, 0.25) is 5.58 Å². The molecule has 2 heterocycles.